The summed E-state index contributed by atoms with van der Waals surface area (Å²) in [7, 11) is 3.36. The molecule has 0 aliphatic carbocycles. The molecule has 0 bridgehead atoms. The summed E-state index contributed by atoms with van der Waals surface area (Å²) in [6.45, 7) is 7.45. The third kappa shape index (κ3) is 4.84. The minimum atomic E-state index is -0.0443. The molecule has 0 spiro atoms. The number of hydrogen-bond donors (Lipinski definition) is 1. The summed E-state index contributed by atoms with van der Waals surface area (Å²) in [4.78, 5) is 23.2. The Kier molecular flexibility index (Phi) is 7.32. The standard InChI is InChI=1S/C17H18N4O2S2.C2H6/c1-10-15(25-17(18-10)21(3)11(2)22)13-9-24-16(20-13)19-12-7-5-6-8-14(12)23-4;1-2/h5-9H,1-4H3,(H,19,20);1-2H3. The number of carbonyl (C=O) groups excluding carboxylic acids is 1. The highest BCUT2D eigenvalue weighted by Crippen LogP contribution is 2.37. The van der Waals surface area contributed by atoms with Crippen molar-refractivity contribution < 1.29 is 9.53 Å². The van der Waals surface area contributed by atoms with E-state index in [4.69, 9.17) is 4.74 Å². The van der Waals surface area contributed by atoms with E-state index >= 15 is 0 Å². The van der Waals surface area contributed by atoms with Crippen molar-refractivity contribution in [1.29, 1.82) is 0 Å². The van der Waals surface area contributed by atoms with Crippen molar-refractivity contribution in [1.82, 2.24) is 9.97 Å². The molecule has 0 aliphatic heterocycles. The number of aryl methyl sites for hydroxylation is 1. The number of ether oxygens (including phenoxy) is 1. The number of hydrogen-bond acceptors (Lipinski definition) is 7. The molecule has 27 heavy (non-hydrogen) atoms. The summed E-state index contributed by atoms with van der Waals surface area (Å²) in [5.41, 5.74) is 2.58. The van der Waals surface area contributed by atoms with Crippen LogP contribution in [-0.4, -0.2) is 30.0 Å². The van der Waals surface area contributed by atoms with Crippen molar-refractivity contribution in [3.63, 3.8) is 0 Å². The first-order valence-electron chi connectivity index (χ1n) is 8.57. The zero-order valence-corrected chi connectivity index (χ0v) is 18.0. The molecule has 2 heterocycles. The second kappa shape index (κ2) is 9.48. The van der Waals surface area contributed by atoms with Gasteiger partial charge in [0.05, 0.1) is 29.1 Å². The van der Waals surface area contributed by atoms with Crippen molar-refractivity contribution in [3.05, 3.63) is 35.3 Å². The van der Waals surface area contributed by atoms with Crippen molar-refractivity contribution in [2.24, 2.45) is 0 Å². The summed E-state index contributed by atoms with van der Waals surface area (Å²) in [6.07, 6.45) is 0. The van der Waals surface area contributed by atoms with Gasteiger partial charge in [0.1, 0.15) is 5.75 Å². The van der Waals surface area contributed by atoms with E-state index in [0.717, 1.165) is 32.8 Å². The minimum absolute atomic E-state index is 0.0443. The summed E-state index contributed by atoms with van der Waals surface area (Å²) < 4.78 is 5.35. The molecule has 0 radical (unpaired) electrons. The predicted octanol–water partition coefficient (Wildman–Crippen LogP) is 5.34. The van der Waals surface area contributed by atoms with Gasteiger partial charge in [-0.15, -0.1) is 11.3 Å². The average molecular weight is 405 g/mol. The second-order valence-electron chi connectivity index (χ2n) is 5.35. The molecule has 1 aromatic carbocycles. The summed E-state index contributed by atoms with van der Waals surface area (Å²) in [5, 5.41) is 6.71. The van der Waals surface area contributed by atoms with Crippen LogP contribution in [0.4, 0.5) is 16.0 Å². The number of carbonyl (C=O) groups is 1. The quantitative estimate of drug-likeness (QED) is 0.622. The van der Waals surface area contributed by atoms with Gasteiger partial charge in [0.25, 0.3) is 0 Å². The summed E-state index contributed by atoms with van der Waals surface area (Å²) in [6, 6.07) is 7.70. The lowest BCUT2D eigenvalue weighted by atomic mass is 10.3. The van der Waals surface area contributed by atoms with Crippen LogP contribution in [0.2, 0.25) is 0 Å². The number of amides is 1. The highest BCUT2D eigenvalue weighted by molar-refractivity contribution is 7.20. The molecule has 0 aliphatic rings. The van der Waals surface area contributed by atoms with Gasteiger partial charge >= 0.3 is 0 Å². The van der Waals surface area contributed by atoms with Crippen LogP contribution in [0.15, 0.2) is 29.6 Å². The van der Waals surface area contributed by atoms with Gasteiger partial charge in [-0.2, -0.15) is 0 Å². The van der Waals surface area contributed by atoms with E-state index in [1.807, 2.05) is 50.4 Å². The SMILES string of the molecule is CC.COc1ccccc1Nc1nc(-c2sc(N(C)C(C)=O)nc2C)cs1. The fourth-order valence-electron chi connectivity index (χ4n) is 2.20. The van der Waals surface area contributed by atoms with E-state index in [0.29, 0.717) is 5.13 Å². The minimum Gasteiger partial charge on any atom is -0.495 e. The van der Waals surface area contributed by atoms with Gasteiger partial charge in [0.15, 0.2) is 10.3 Å². The third-order valence-corrected chi connectivity index (χ3v) is 5.64. The first kappa shape index (κ1) is 20.9. The van der Waals surface area contributed by atoms with Gasteiger partial charge in [0.2, 0.25) is 5.91 Å². The van der Waals surface area contributed by atoms with Gasteiger partial charge in [-0.3, -0.25) is 9.69 Å². The van der Waals surface area contributed by atoms with E-state index in [9.17, 15) is 4.79 Å². The molecule has 3 rings (SSSR count). The maximum absolute atomic E-state index is 11.5. The second-order valence-corrected chi connectivity index (χ2v) is 7.19. The Balaban J connectivity index is 0.00000126. The van der Waals surface area contributed by atoms with Crippen LogP contribution in [0.1, 0.15) is 26.5 Å². The lowest BCUT2D eigenvalue weighted by Gasteiger charge is -2.09. The fraction of sp³-hybridized carbons (Fsp3) is 0.316. The number of rotatable bonds is 5. The molecule has 0 saturated carbocycles. The van der Waals surface area contributed by atoms with E-state index in [1.165, 1.54) is 29.6 Å². The molecule has 1 N–H and O–H groups in total. The number of aromatic nitrogens is 2. The highest BCUT2D eigenvalue weighted by Gasteiger charge is 2.17. The topological polar surface area (TPSA) is 67.3 Å². The van der Waals surface area contributed by atoms with Crippen molar-refractivity contribution in [2.75, 3.05) is 24.4 Å². The molecule has 3 aromatic rings. The van der Waals surface area contributed by atoms with Crippen molar-refractivity contribution in [3.8, 4) is 16.3 Å². The molecule has 6 nitrogen and oxygen atoms in total. The summed E-state index contributed by atoms with van der Waals surface area (Å²) in [5.74, 6) is 0.718. The van der Waals surface area contributed by atoms with Gasteiger partial charge in [-0.25, -0.2) is 9.97 Å². The number of nitrogens with zero attached hydrogens (tertiary/aromatic N) is 3. The Labute approximate surface area is 167 Å². The fourth-order valence-corrected chi connectivity index (χ4v) is 4.02. The first-order valence-corrected chi connectivity index (χ1v) is 10.3. The van der Waals surface area contributed by atoms with Crippen LogP contribution in [0, 0.1) is 6.92 Å². The number of thiazole rings is 2. The van der Waals surface area contributed by atoms with E-state index < -0.39 is 0 Å². The Hall–Kier alpha value is -2.45. The number of methoxy groups -OCH3 is 1. The van der Waals surface area contributed by atoms with Crippen LogP contribution in [0.5, 0.6) is 5.75 Å². The van der Waals surface area contributed by atoms with Gasteiger partial charge in [-0.05, 0) is 19.1 Å². The number of nitrogens with one attached hydrogen (secondary N) is 1. The zero-order chi connectivity index (χ0) is 20.0. The predicted molar refractivity (Wildman–Crippen MR) is 115 cm³/mol. The summed E-state index contributed by atoms with van der Waals surface area (Å²) >= 11 is 2.97. The first-order chi connectivity index (χ1) is 13.0. The Morgan fingerprint density at radius 2 is 1.93 bits per heavy atom. The molecule has 0 unspecified atom stereocenters. The van der Waals surface area contributed by atoms with Gasteiger partial charge in [0, 0.05) is 19.4 Å². The molecule has 1 amide bonds. The van der Waals surface area contributed by atoms with Crippen LogP contribution < -0.4 is 15.0 Å². The Morgan fingerprint density at radius 3 is 2.59 bits per heavy atom. The molecular formula is C19H24N4O2S2. The molecule has 8 heteroatoms. The number of benzene rings is 1. The van der Waals surface area contributed by atoms with E-state index in [1.54, 1.807) is 19.1 Å². The van der Waals surface area contributed by atoms with E-state index in [2.05, 4.69) is 15.3 Å². The highest BCUT2D eigenvalue weighted by atomic mass is 32.1. The van der Waals surface area contributed by atoms with Crippen LogP contribution in [-0.2, 0) is 4.79 Å². The van der Waals surface area contributed by atoms with Crippen LogP contribution >= 0.6 is 22.7 Å². The normalized spacial score (nSPS) is 10.0. The molecule has 144 valence electrons. The number of para-hydroxylation sites is 2. The lowest BCUT2D eigenvalue weighted by Crippen LogP contribution is -2.22. The average Bonchev–Trinajstić information content (AvgIpc) is 3.29. The maximum Gasteiger partial charge on any atom is 0.225 e. The molecule has 0 saturated heterocycles. The largest absolute Gasteiger partial charge is 0.495 e. The monoisotopic (exact) mass is 404 g/mol. The Bertz CT molecular complexity index is 905. The number of anilines is 3. The van der Waals surface area contributed by atoms with Crippen LogP contribution in [0.25, 0.3) is 10.6 Å². The molecule has 2 aromatic heterocycles. The van der Waals surface area contributed by atoms with Crippen molar-refractivity contribution in [2.45, 2.75) is 27.7 Å². The Morgan fingerprint density at radius 1 is 1.22 bits per heavy atom. The third-order valence-electron chi connectivity index (χ3n) is 3.63. The maximum atomic E-state index is 11.5. The van der Waals surface area contributed by atoms with E-state index in [-0.39, 0.29) is 5.91 Å². The lowest BCUT2D eigenvalue weighted by molar-refractivity contribution is -0.116. The van der Waals surface area contributed by atoms with Gasteiger partial charge in [-0.1, -0.05) is 37.3 Å². The zero-order valence-electron chi connectivity index (χ0n) is 16.4. The molecule has 0 atom stereocenters. The molecule has 0 fully saturated rings. The smallest absolute Gasteiger partial charge is 0.225 e. The molecular weight excluding hydrogens is 380 g/mol. The van der Waals surface area contributed by atoms with Crippen molar-refractivity contribution >= 4 is 44.5 Å². The van der Waals surface area contributed by atoms with Crippen LogP contribution in [0.3, 0.4) is 0 Å². The van der Waals surface area contributed by atoms with Gasteiger partial charge < -0.3 is 10.1 Å².